The largest absolute Gasteiger partial charge is 0.496 e. The van der Waals surface area contributed by atoms with Crippen molar-refractivity contribution < 1.29 is 14.3 Å². The number of para-hydroxylation sites is 1. The van der Waals surface area contributed by atoms with Crippen LogP contribution >= 0.6 is 0 Å². The number of hydrogen-bond donors (Lipinski definition) is 1. The molecule has 34 heavy (non-hydrogen) atoms. The average Bonchev–Trinajstić information content (AvgIpc) is 3.25. The number of aromatic nitrogens is 1. The van der Waals surface area contributed by atoms with E-state index in [2.05, 4.69) is 40.2 Å². The van der Waals surface area contributed by atoms with E-state index >= 15 is 0 Å². The third-order valence-electron chi connectivity index (χ3n) is 7.81. The minimum absolute atomic E-state index is 0.227. The molecule has 2 aliphatic rings. The SMILES string of the molecule is COC(=O)[C@]1(c2ccc(N(C)C)cc2OC)C[C@H]2CCCN(CCc3c1[nH]c1ccccc31)C2. The maximum atomic E-state index is 14.0. The fraction of sp³-hybridized carbons (Fsp3) is 0.464. The van der Waals surface area contributed by atoms with E-state index in [1.165, 1.54) is 18.1 Å². The van der Waals surface area contributed by atoms with Crippen LogP contribution < -0.4 is 9.64 Å². The predicted molar refractivity (Wildman–Crippen MR) is 136 cm³/mol. The lowest BCUT2D eigenvalue weighted by molar-refractivity contribution is -0.147. The quantitative estimate of drug-likeness (QED) is 0.585. The summed E-state index contributed by atoms with van der Waals surface area (Å²) in [6.07, 6.45) is 3.85. The molecule has 1 unspecified atom stereocenters. The third kappa shape index (κ3) is 3.65. The van der Waals surface area contributed by atoms with Crippen LogP contribution in [0.2, 0.25) is 0 Å². The highest BCUT2D eigenvalue weighted by Gasteiger charge is 2.50. The Bertz CT molecular complexity index is 1200. The van der Waals surface area contributed by atoms with E-state index in [1.54, 1.807) is 7.11 Å². The molecule has 0 spiro atoms. The first-order chi connectivity index (χ1) is 16.5. The fourth-order valence-electron chi connectivity index (χ4n) is 6.17. The molecule has 1 aromatic heterocycles. The molecule has 3 atom stereocenters. The average molecular weight is 462 g/mol. The smallest absolute Gasteiger partial charge is 0.322 e. The number of rotatable bonds is 4. The summed E-state index contributed by atoms with van der Waals surface area (Å²) in [5.74, 6) is 0.881. The Kier molecular flexibility index (Phi) is 6.02. The highest BCUT2D eigenvalue weighted by atomic mass is 16.5. The number of esters is 1. The van der Waals surface area contributed by atoms with Gasteiger partial charge in [-0.15, -0.1) is 0 Å². The van der Waals surface area contributed by atoms with Crippen LogP contribution in [-0.2, 0) is 21.4 Å². The summed E-state index contributed by atoms with van der Waals surface area (Å²) in [6, 6.07) is 14.6. The zero-order valence-electron chi connectivity index (χ0n) is 20.7. The minimum Gasteiger partial charge on any atom is -0.496 e. The van der Waals surface area contributed by atoms with Gasteiger partial charge in [-0.3, -0.25) is 4.79 Å². The van der Waals surface area contributed by atoms with Crippen molar-refractivity contribution in [2.75, 3.05) is 52.8 Å². The van der Waals surface area contributed by atoms with Crippen LogP contribution in [0.5, 0.6) is 5.75 Å². The predicted octanol–water partition coefficient (Wildman–Crippen LogP) is 4.36. The zero-order valence-corrected chi connectivity index (χ0v) is 20.7. The highest BCUT2D eigenvalue weighted by Crippen LogP contribution is 2.48. The van der Waals surface area contributed by atoms with Gasteiger partial charge in [0.15, 0.2) is 0 Å². The molecule has 0 aliphatic carbocycles. The summed E-state index contributed by atoms with van der Waals surface area (Å²) < 4.78 is 11.6. The number of methoxy groups -OCH3 is 2. The number of hydrogen-bond acceptors (Lipinski definition) is 5. The number of benzene rings is 2. The van der Waals surface area contributed by atoms with E-state index < -0.39 is 5.41 Å². The molecule has 1 fully saturated rings. The Morgan fingerprint density at radius 1 is 1.15 bits per heavy atom. The number of nitrogens with zero attached hydrogens (tertiary/aromatic N) is 2. The highest BCUT2D eigenvalue weighted by molar-refractivity contribution is 5.93. The van der Waals surface area contributed by atoms with E-state index in [4.69, 9.17) is 9.47 Å². The second-order valence-corrected chi connectivity index (χ2v) is 9.96. The van der Waals surface area contributed by atoms with Crippen molar-refractivity contribution >= 4 is 22.6 Å². The monoisotopic (exact) mass is 461 g/mol. The summed E-state index contributed by atoms with van der Waals surface area (Å²) in [6.45, 7) is 3.14. The van der Waals surface area contributed by atoms with Crippen molar-refractivity contribution in [3.05, 3.63) is 59.3 Å². The first-order valence-corrected chi connectivity index (χ1v) is 12.2. The minimum atomic E-state index is -0.975. The molecule has 6 nitrogen and oxygen atoms in total. The van der Waals surface area contributed by atoms with Gasteiger partial charge in [-0.1, -0.05) is 24.3 Å². The number of fused-ring (bicyclic) bond motifs is 5. The lowest BCUT2D eigenvalue weighted by atomic mass is 9.68. The number of aromatic amines is 1. The van der Waals surface area contributed by atoms with Crippen LogP contribution in [0, 0.1) is 5.92 Å². The topological polar surface area (TPSA) is 57.8 Å². The van der Waals surface area contributed by atoms with Crippen LogP contribution in [0.4, 0.5) is 5.69 Å². The summed E-state index contributed by atoms with van der Waals surface area (Å²) in [5.41, 5.74) is 4.17. The number of H-pyrrole nitrogens is 1. The van der Waals surface area contributed by atoms with Gasteiger partial charge in [0.05, 0.1) is 14.2 Å². The Balaban J connectivity index is 1.83. The Morgan fingerprint density at radius 2 is 1.97 bits per heavy atom. The van der Waals surface area contributed by atoms with E-state index in [9.17, 15) is 4.79 Å². The molecule has 0 radical (unpaired) electrons. The lowest BCUT2D eigenvalue weighted by Crippen LogP contribution is -2.44. The standard InChI is InChI=1S/C28H35N3O3/c1-30(2)20-11-12-23(25(16-20)33-3)28(27(32)34-4)17-19-8-7-14-31(18-19)15-13-22-21-9-5-6-10-24(21)29-26(22)28/h5-6,9-12,16,19,29H,7-8,13-15,17-18H2,1-4H3/t19-,28+/m1/s1. The number of anilines is 1. The molecule has 180 valence electrons. The van der Waals surface area contributed by atoms with Gasteiger partial charge < -0.3 is 24.3 Å². The van der Waals surface area contributed by atoms with Crippen LogP contribution in [0.15, 0.2) is 42.5 Å². The van der Waals surface area contributed by atoms with Gasteiger partial charge in [0.1, 0.15) is 11.2 Å². The molecular weight excluding hydrogens is 426 g/mol. The van der Waals surface area contributed by atoms with Crippen LogP contribution in [0.25, 0.3) is 10.9 Å². The van der Waals surface area contributed by atoms with Crippen molar-refractivity contribution in [1.82, 2.24) is 9.88 Å². The summed E-state index contributed by atoms with van der Waals surface area (Å²) in [7, 11) is 7.22. The van der Waals surface area contributed by atoms with Gasteiger partial charge in [-0.2, -0.15) is 0 Å². The molecule has 5 rings (SSSR count). The van der Waals surface area contributed by atoms with E-state index in [0.717, 1.165) is 61.4 Å². The molecule has 1 saturated heterocycles. The number of piperidine rings is 1. The number of ether oxygens (including phenoxy) is 2. The van der Waals surface area contributed by atoms with Gasteiger partial charge in [0, 0.05) is 61.1 Å². The molecule has 3 heterocycles. The van der Waals surface area contributed by atoms with Crippen molar-refractivity contribution in [1.29, 1.82) is 0 Å². The van der Waals surface area contributed by atoms with Gasteiger partial charge in [-0.05, 0) is 55.8 Å². The second-order valence-electron chi connectivity index (χ2n) is 9.96. The second kappa shape index (κ2) is 8.99. The first-order valence-electron chi connectivity index (χ1n) is 12.2. The summed E-state index contributed by atoms with van der Waals surface area (Å²) in [5, 5.41) is 1.19. The molecule has 0 saturated carbocycles. The normalized spacial score (nSPS) is 24.5. The van der Waals surface area contributed by atoms with Crippen molar-refractivity contribution in [2.45, 2.75) is 31.1 Å². The summed E-state index contributed by atoms with van der Waals surface area (Å²) in [4.78, 5) is 22.3. The van der Waals surface area contributed by atoms with E-state index in [-0.39, 0.29) is 5.97 Å². The number of carbonyl (C=O) groups excluding carboxylic acids is 1. The van der Waals surface area contributed by atoms with E-state index in [1.807, 2.05) is 31.1 Å². The maximum absolute atomic E-state index is 14.0. The number of nitrogens with one attached hydrogen (secondary N) is 1. The third-order valence-corrected chi connectivity index (χ3v) is 7.81. The van der Waals surface area contributed by atoms with Crippen molar-refractivity contribution in [3.63, 3.8) is 0 Å². The first kappa shape index (κ1) is 22.8. The molecule has 3 aromatic rings. The van der Waals surface area contributed by atoms with Gasteiger partial charge in [-0.25, -0.2) is 0 Å². The zero-order chi connectivity index (χ0) is 23.9. The Morgan fingerprint density at radius 3 is 2.74 bits per heavy atom. The molecule has 2 aliphatic heterocycles. The maximum Gasteiger partial charge on any atom is 0.322 e. The van der Waals surface area contributed by atoms with Gasteiger partial charge >= 0.3 is 5.97 Å². The fourth-order valence-corrected chi connectivity index (χ4v) is 6.17. The van der Waals surface area contributed by atoms with Gasteiger partial charge in [0.25, 0.3) is 0 Å². The Hall–Kier alpha value is -2.99. The van der Waals surface area contributed by atoms with Crippen LogP contribution in [-0.4, -0.2) is 63.8 Å². The van der Waals surface area contributed by atoms with Gasteiger partial charge in [0.2, 0.25) is 0 Å². The van der Waals surface area contributed by atoms with E-state index in [0.29, 0.717) is 18.1 Å². The molecule has 0 amide bonds. The molecule has 2 aromatic carbocycles. The molecule has 6 heteroatoms. The molecule has 1 N–H and O–H groups in total. The molecular formula is C28H35N3O3. The van der Waals surface area contributed by atoms with Crippen molar-refractivity contribution in [3.8, 4) is 5.75 Å². The number of carbonyl (C=O) groups is 1. The van der Waals surface area contributed by atoms with Crippen LogP contribution in [0.3, 0.4) is 0 Å². The van der Waals surface area contributed by atoms with Crippen LogP contribution in [0.1, 0.15) is 36.1 Å². The lowest BCUT2D eigenvalue weighted by Gasteiger charge is -2.38. The molecule has 2 bridgehead atoms. The Labute approximate surface area is 201 Å². The van der Waals surface area contributed by atoms with Crippen molar-refractivity contribution in [2.24, 2.45) is 5.92 Å². The summed E-state index contributed by atoms with van der Waals surface area (Å²) >= 11 is 0.